The fourth-order valence-electron chi connectivity index (χ4n) is 3.58. The van der Waals surface area contributed by atoms with Gasteiger partial charge in [0.05, 0.1) is 21.4 Å². The second kappa shape index (κ2) is 8.05. The van der Waals surface area contributed by atoms with E-state index in [0.717, 1.165) is 17.1 Å². The molecule has 1 aromatic carbocycles. The molecule has 1 fully saturated rings. The van der Waals surface area contributed by atoms with Crippen LogP contribution in [0.5, 0.6) is 0 Å². The first-order valence-corrected chi connectivity index (χ1v) is 10.2. The number of amides is 1. The fourth-order valence-corrected chi connectivity index (χ4v) is 4.08. The molecule has 0 unspecified atom stereocenters. The molecule has 3 heterocycles. The monoisotopic (exact) mass is 429 g/mol. The lowest BCUT2D eigenvalue weighted by Crippen LogP contribution is -2.49. The minimum Gasteiger partial charge on any atom is -0.352 e. The first kappa shape index (κ1) is 19.7. The average Bonchev–Trinajstić information content (AvgIpc) is 3.06. The summed E-state index contributed by atoms with van der Waals surface area (Å²) in [4.78, 5) is 21.2. The lowest BCUT2D eigenvalue weighted by Gasteiger charge is -2.35. The Morgan fingerprint density at radius 2 is 1.69 bits per heavy atom. The fraction of sp³-hybridized carbons (Fsp3) is 0.286. The molecule has 6 nitrogen and oxygen atoms in total. The van der Waals surface area contributed by atoms with Crippen molar-refractivity contribution in [1.82, 2.24) is 19.7 Å². The Balaban J connectivity index is 1.42. The van der Waals surface area contributed by atoms with E-state index in [9.17, 15) is 4.79 Å². The Morgan fingerprint density at radius 3 is 2.28 bits per heavy atom. The van der Waals surface area contributed by atoms with E-state index < -0.39 is 0 Å². The van der Waals surface area contributed by atoms with Crippen LogP contribution in [0.3, 0.4) is 0 Å². The molecule has 1 amide bonds. The number of carbonyl (C=O) groups excluding carboxylic acids is 1. The Kier molecular flexibility index (Phi) is 5.48. The predicted octanol–water partition coefficient (Wildman–Crippen LogP) is 4.15. The minimum absolute atomic E-state index is 0.0275. The highest BCUT2D eigenvalue weighted by Gasteiger charge is 2.24. The van der Waals surface area contributed by atoms with Gasteiger partial charge in [-0.05, 0) is 50.2 Å². The Morgan fingerprint density at radius 1 is 1.00 bits per heavy atom. The van der Waals surface area contributed by atoms with E-state index in [4.69, 9.17) is 23.2 Å². The maximum atomic E-state index is 12.9. The maximum absolute atomic E-state index is 12.9. The Labute approximate surface area is 179 Å². The molecule has 1 aliphatic heterocycles. The maximum Gasteiger partial charge on any atom is 0.253 e. The predicted molar refractivity (Wildman–Crippen MR) is 115 cm³/mol. The molecule has 0 aliphatic carbocycles. The van der Waals surface area contributed by atoms with Gasteiger partial charge in [-0.25, -0.2) is 9.67 Å². The van der Waals surface area contributed by atoms with E-state index in [0.29, 0.717) is 47.6 Å². The summed E-state index contributed by atoms with van der Waals surface area (Å²) in [6.07, 6.45) is 1.59. The van der Waals surface area contributed by atoms with Crippen molar-refractivity contribution >= 4 is 34.9 Å². The molecule has 4 rings (SSSR count). The molecule has 2 aromatic heterocycles. The number of aryl methyl sites for hydroxylation is 2. The van der Waals surface area contributed by atoms with Gasteiger partial charge in [0, 0.05) is 43.6 Å². The lowest BCUT2D eigenvalue weighted by atomic mass is 10.1. The SMILES string of the molecule is Cc1cc(C)n(-c2ccc(C(=O)N3CCN(c4ncc(Cl)cc4Cl)CC3)cc2)n1. The first-order chi connectivity index (χ1) is 13.9. The number of anilines is 1. The highest BCUT2D eigenvalue weighted by molar-refractivity contribution is 6.36. The van der Waals surface area contributed by atoms with Crippen LogP contribution in [-0.2, 0) is 0 Å². The van der Waals surface area contributed by atoms with Crippen molar-refractivity contribution in [3.8, 4) is 5.69 Å². The van der Waals surface area contributed by atoms with Gasteiger partial charge in [-0.2, -0.15) is 5.10 Å². The standard InChI is InChI=1S/C21H21Cl2N5O/c1-14-11-15(2)28(25-14)18-5-3-16(4-6-18)21(29)27-9-7-26(8-10-27)20-19(23)12-17(22)13-24-20/h3-6,11-13H,7-10H2,1-2H3. The van der Waals surface area contributed by atoms with Crippen LogP contribution in [0.1, 0.15) is 21.7 Å². The highest BCUT2D eigenvalue weighted by atomic mass is 35.5. The van der Waals surface area contributed by atoms with Crippen molar-refractivity contribution < 1.29 is 4.79 Å². The molecule has 0 bridgehead atoms. The van der Waals surface area contributed by atoms with Crippen molar-refractivity contribution in [3.63, 3.8) is 0 Å². The summed E-state index contributed by atoms with van der Waals surface area (Å²) >= 11 is 12.2. The van der Waals surface area contributed by atoms with Gasteiger partial charge in [-0.3, -0.25) is 4.79 Å². The van der Waals surface area contributed by atoms with E-state index in [-0.39, 0.29) is 5.91 Å². The quantitative estimate of drug-likeness (QED) is 0.627. The second-order valence-electron chi connectivity index (χ2n) is 7.12. The lowest BCUT2D eigenvalue weighted by molar-refractivity contribution is 0.0746. The van der Waals surface area contributed by atoms with Crippen LogP contribution in [0.4, 0.5) is 5.82 Å². The van der Waals surface area contributed by atoms with Crippen molar-refractivity contribution in [3.05, 3.63) is 69.6 Å². The van der Waals surface area contributed by atoms with Gasteiger partial charge < -0.3 is 9.80 Å². The van der Waals surface area contributed by atoms with E-state index in [2.05, 4.69) is 15.0 Å². The van der Waals surface area contributed by atoms with E-state index >= 15 is 0 Å². The van der Waals surface area contributed by atoms with Gasteiger partial charge in [0.25, 0.3) is 5.91 Å². The van der Waals surface area contributed by atoms with Gasteiger partial charge in [-0.15, -0.1) is 0 Å². The number of hydrogen-bond acceptors (Lipinski definition) is 4. The van der Waals surface area contributed by atoms with Gasteiger partial charge in [-0.1, -0.05) is 23.2 Å². The van der Waals surface area contributed by atoms with Crippen LogP contribution in [0.25, 0.3) is 5.69 Å². The summed E-state index contributed by atoms with van der Waals surface area (Å²) in [5, 5.41) is 5.52. The normalized spacial score (nSPS) is 14.3. The number of piperazine rings is 1. The second-order valence-corrected chi connectivity index (χ2v) is 7.97. The van der Waals surface area contributed by atoms with E-state index in [1.54, 1.807) is 12.3 Å². The summed E-state index contributed by atoms with van der Waals surface area (Å²) in [7, 11) is 0. The van der Waals surface area contributed by atoms with Crippen molar-refractivity contribution in [2.24, 2.45) is 0 Å². The molecule has 0 spiro atoms. The third-order valence-electron chi connectivity index (χ3n) is 5.02. The topological polar surface area (TPSA) is 54.3 Å². The van der Waals surface area contributed by atoms with E-state index in [1.165, 1.54) is 0 Å². The molecule has 0 atom stereocenters. The van der Waals surface area contributed by atoms with Gasteiger partial charge in [0.2, 0.25) is 0 Å². The molecule has 1 saturated heterocycles. The highest BCUT2D eigenvalue weighted by Crippen LogP contribution is 2.27. The number of benzene rings is 1. The summed E-state index contributed by atoms with van der Waals surface area (Å²) in [5.74, 6) is 0.733. The van der Waals surface area contributed by atoms with Crippen LogP contribution in [0, 0.1) is 13.8 Å². The molecule has 29 heavy (non-hydrogen) atoms. The minimum atomic E-state index is 0.0275. The molecule has 150 valence electrons. The van der Waals surface area contributed by atoms with Crippen LogP contribution in [0.15, 0.2) is 42.6 Å². The molecule has 1 aliphatic rings. The van der Waals surface area contributed by atoms with Crippen molar-refractivity contribution in [2.75, 3.05) is 31.1 Å². The smallest absolute Gasteiger partial charge is 0.253 e. The molecule has 8 heteroatoms. The third kappa shape index (κ3) is 4.09. The zero-order chi connectivity index (χ0) is 20.5. The zero-order valence-corrected chi connectivity index (χ0v) is 17.8. The molecule has 0 radical (unpaired) electrons. The van der Waals surface area contributed by atoms with Crippen LogP contribution < -0.4 is 4.90 Å². The molecular weight excluding hydrogens is 409 g/mol. The van der Waals surface area contributed by atoms with Gasteiger partial charge in [0.1, 0.15) is 5.82 Å². The number of carbonyl (C=O) groups is 1. The molecule has 0 N–H and O–H groups in total. The first-order valence-electron chi connectivity index (χ1n) is 9.41. The van der Waals surface area contributed by atoms with Crippen LogP contribution in [0.2, 0.25) is 10.0 Å². The zero-order valence-electron chi connectivity index (χ0n) is 16.3. The Bertz CT molecular complexity index is 1040. The largest absolute Gasteiger partial charge is 0.352 e. The summed E-state index contributed by atoms with van der Waals surface area (Å²) in [5.41, 5.74) is 3.65. The summed E-state index contributed by atoms with van der Waals surface area (Å²) < 4.78 is 1.88. The van der Waals surface area contributed by atoms with Crippen molar-refractivity contribution in [2.45, 2.75) is 13.8 Å². The third-order valence-corrected chi connectivity index (χ3v) is 5.51. The average molecular weight is 430 g/mol. The number of aromatic nitrogens is 3. The molecule has 0 saturated carbocycles. The number of rotatable bonds is 3. The van der Waals surface area contributed by atoms with Crippen LogP contribution >= 0.6 is 23.2 Å². The number of pyridine rings is 1. The molecule has 3 aromatic rings. The summed E-state index contributed by atoms with van der Waals surface area (Å²) in [6, 6.07) is 11.3. The molecular formula is C21H21Cl2N5O. The van der Waals surface area contributed by atoms with E-state index in [1.807, 2.05) is 53.8 Å². The summed E-state index contributed by atoms with van der Waals surface area (Å²) in [6.45, 7) is 6.54. The van der Waals surface area contributed by atoms with Crippen LogP contribution in [-0.4, -0.2) is 51.8 Å². The number of halogens is 2. The number of hydrogen-bond donors (Lipinski definition) is 0. The van der Waals surface area contributed by atoms with Gasteiger partial charge in [0.15, 0.2) is 0 Å². The number of nitrogens with zero attached hydrogens (tertiary/aromatic N) is 5. The Hall–Kier alpha value is -2.57. The van der Waals surface area contributed by atoms with Gasteiger partial charge >= 0.3 is 0 Å². The van der Waals surface area contributed by atoms with Crippen molar-refractivity contribution in [1.29, 1.82) is 0 Å².